The highest BCUT2D eigenvalue weighted by atomic mass is 32.2. The molecule has 0 radical (unpaired) electrons. The molecular formula is C19H23N3O4S. The van der Waals surface area contributed by atoms with Gasteiger partial charge in [-0.3, -0.25) is 4.79 Å². The average Bonchev–Trinajstić information content (AvgIpc) is 2.62. The first-order chi connectivity index (χ1) is 12.8. The number of nitrogens with zero attached hydrogens (tertiary/aromatic N) is 3. The molecule has 0 saturated carbocycles. The Bertz CT molecular complexity index is 946. The van der Waals surface area contributed by atoms with Gasteiger partial charge in [0, 0.05) is 30.3 Å². The molecule has 7 nitrogen and oxygen atoms in total. The van der Waals surface area contributed by atoms with Crippen LogP contribution in [0.2, 0.25) is 0 Å². The van der Waals surface area contributed by atoms with E-state index in [1.807, 2.05) is 32.9 Å². The third-order valence-corrected chi connectivity index (χ3v) is 5.53. The second-order valence-electron chi connectivity index (χ2n) is 7.25. The summed E-state index contributed by atoms with van der Waals surface area (Å²) in [6, 6.07) is 8.51. The number of rotatable bonds is 4. The van der Waals surface area contributed by atoms with Gasteiger partial charge in [0.2, 0.25) is 0 Å². The Morgan fingerprint density at radius 1 is 1.37 bits per heavy atom. The Morgan fingerprint density at radius 3 is 2.81 bits per heavy atom. The SMILES string of the molecule is COc1ccc2c(c1)O[C@@H](Cn1ncccc1=O)C/C2=N\[S@@](=O)C(C)(C)C. The van der Waals surface area contributed by atoms with Gasteiger partial charge in [-0.15, -0.1) is 0 Å². The number of ether oxygens (including phenoxy) is 2. The van der Waals surface area contributed by atoms with Gasteiger partial charge in [0.15, 0.2) is 0 Å². The molecular weight excluding hydrogens is 366 g/mol. The molecule has 0 bridgehead atoms. The Hall–Kier alpha value is -2.48. The first kappa shape index (κ1) is 19.3. The predicted molar refractivity (Wildman–Crippen MR) is 105 cm³/mol. The van der Waals surface area contributed by atoms with Crippen LogP contribution in [0.5, 0.6) is 11.5 Å². The molecule has 1 aliphatic heterocycles. The van der Waals surface area contributed by atoms with Crippen molar-refractivity contribution >= 4 is 16.7 Å². The number of hydrogen-bond donors (Lipinski definition) is 0. The van der Waals surface area contributed by atoms with Crippen LogP contribution in [0.1, 0.15) is 32.8 Å². The van der Waals surface area contributed by atoms with Crippen molar-refractivity contribution in [3.63, 3.8) is 0 Å². The van der Waals surface area contributed by atoms with Crippen molar-refractivity contribution in [1.29, 1.82) is 0 Å². The third-order valence-electron chi connectivity index (χ3n) is 4.09. The first-order valence-corrected chi connectivity index (χ1v) is 9.75. The summed E-state index contributed by atoms with van der Waals surface area (Å²) in [4.78, 5) is 12.0. The molecule has 144 valence electrons. The smallest absolute Gasteiger partial charge is 0.266 e. The van der Waals surface area contributed by atoms with Gasteiger partial charge in [-0.1, -0.05) is 0 Å². The van der Waals surface area contributed by atoms with E-state index in [9.17, 15) is 9.00 Å². The molecule has 2 aromatic rings. The van der Waals surface area contributed by atoms with Crippen molar-refractivity contribution in [1.82, 2.24) is 9.78 Å². The van der Waals surface area contributed by atoms with Crippen LogP contribution in [0, 0.1) is 0 Å². The third kappa shape index (κ3) is 4.44. The molecule has 1 aromatic carbocycles. The quantitative estimate of drug-likeness (QED) is 0.802. The molecule has 0 spiro atoms. The van der Waals surface area contributed by atoms with Crippen LogP contribution in [0.15, 0.2) is 45.7 Å². The summed E-state index contributed by atoms with van der Waals surface area (Å²) < 4.78 is 29.3. The van der Waals surface area contributed by atoms with Gasteiger partial charge >= 0.3 is 0 Å². The van der Waals surface area contributed by atoms with Crippen molar-refractivity contribution in [2.75, 3.05) is 7.11 Å². The minimum Gasteiger partial charge on any atom is -0.497 e. The molecule has 3 rings (SSSR count). The van der Waals surface area contributed by atoms with Crippen molar-refractivity contribution < 1.29 is 13.7 Å². The normalized spacial score (nSPS) is 19.3. The lowest BCUT2D eigenvalue weighted by Gasteiger charge is -2.28. The number of methoxy groups -OCH3 is 1. The number of fused-ring (bicyclic) bond motifs is 1. The maximum atomic E-state index is 12.6. The molecule has 0 amide bonds. The summed E-state index contributed by atoms with van der Waals surface area (Å²) in [7, 11) is 0.184. The molecule has 2 atom stereocenters. The molecule has 1 aliphatic rings. The zero-order valence-corrected chi connectivity index (χ0v) is 16.7. The molecule has 0 fully saturated rings. The van der Waals surface area contributed by atoms with Crippen LogP contribution in [0.4, 0.5) is 0 Å². The molecule has 0 N–H and O–H groups in total. The highest BCUT2D eigenvalue weighted by Gasteiger charge is 2.28. The fourth-order valence-corrected chi connectivity index (χ4v) is 3.30. The topological polar surface area (TPSA) is 82.8 Å². The predicted octanol–water partition coefficient (Wildman–Crippen LogP) is 2.35. The van der Waals surface area contributed by atoms with Gasteiger partial charge in [-0.2, -0.15) is 9.50 Å². The molecule has 0 unspecified atom stereocenters. The van der Waals surface area contributed by atoms with Crippen molar-refractivity contribution in [2.24, 2.45) is 4.40 Å². The summed E-state index contributed by atoms with van der Waals surface area (Å²) in [5.41, 5.74) is 1.29. The van der Waals surface area contributed by atoms with Crippen LogP contribution in [-0.4, -0.2) is 37.7 Å². The van der Waals surface area contributed by atoms with Crippen molar-refractivity contribution in [3.8, 4) is 11.5 Å². The molecule has 0 saturated heterocycles. The fourth-order valence-electron chi connectivity index (χ4n) is 2.65. The molecule has 2 heterocycles. The molecule has 27 heavy (non-hydrogen) atoms. The monoisotopic (exact) mass is 389 g/mol. The van der Waals surface area contributed by atoms with Crippen LogP contribution in [0.25, 0.3) is 0 Å². The molecule has 0 aliphatic carbocycles. The van der Waals surface area contributed by atoms with Crippen LogP contribution >= 0.6 is 0 Å². The lowest BCUT2D eigenvalue weighted by molar-refractivity contribution is 0.173. The second kappa shape index (κ2) is 7.64. The minimum atomic E-state index is -1.40. The summed E-state index contributed by atoms with van der Waals surface area (Å²) in [5, 5.41) is 4.09. The van der Waals surface area contributed by atoms with Gasteiger partial charge in [0.05, 0.1) is 24.1 Å². The maximum Gasteiger partial charge on any atom is 0.266 e. The first-order valence-electron chi connectivity index (χ1n) is 8.64. The van der Waals surface area contributed by atoms with E-state index in [1.54, 1.807) is 25.4 Å². The maximum absolute atomic E-state index is 12.6. The van der Waals surface area contributed by atoms with E-state index in [0.717, 1.165) is 5.56 Å². The van der Waals surface area contributed by atoms with E-state index in [2.05, 4.69) is 9.50 Å². The second-order valence-corrected chi connectivity index (χ2v) is 9.16. The van der Waals surface area contributed by atoms with Gasteiger partial charge in [-0.25, -0.2) is 8.89 Å². The van der Waals surface area contributed by atoms with Crippen LogP contribution in [0.3, 0.4) is 0 Å². The highest BCUT2D eigenvalue weighted by Crippen LogP contribution is 2.33. The zero-order valence-electron chi connectivity index (χ0n) is 15.8. The molecule has 8 heteroatoms. The Balaban J connectivity index is 1.98. The number of benzene rings is 1. The van der Waals surface area contributed by atoms with Gasteiger partial charge < -0.3 is 9.47 Å². The number of aromatic nitrogens is 2. The zero-order chi connectivity index (χ0) is 19.6. The van der Waals surface area contributed by atoms with E-state index in [0.29, 0.717) is 23.6 Å². The van der Waals surface area contributed by atoms with E-state index in [1.165, 1.54) is 10.7 Å². The highest BCUT2D eigenvalue weighted by molar-refractivity contribution is 7.85. The largest absolute Gasteiger partial charge is 0.497 e. The lowest BCUT2D eigenvalue weighted by Crippen LogP contribution is -2.36. The Labute approximate surface area is 160 Å². The van der Waals surface area contributed by atoms with Crippen LogP contribution < -0.4 is 15.0 Å². The average molecular weight is 389 g/mol. The summed E-state index contributed by atoms with van der Waals surface area (Å²) in [6.45, 7) is 5.92. The number of hydrogen-bond acceptors (Lipinski definition) is 5. The summed E-state index contributed by atoms with van der Waals surface area (Å²) in [6.07, 6.45) is 1.64. The van der Waals surface area contributed by atoms with Gasteiger partial charge in [-0.05, 0) is 39.0 Å². The van der Waals surface area contributed by atoms with Crippen molar-refractivity contribution in [3.05, 3.63) is 52.4 Å². The van der Waals surface area contributed by atoms with E-state index in [4.69, 9.17) is 9.47 Å². The lowest BCUT2D eigenvalue weighted by atomic mass is 9.99. The van der Waals surface area contributed by atoms with E-state index < -0.39 is 15.7 Å². The molecule has 1 aromatic heterocycles. The fraction of sp³-hybridized carbons (Fsp3) is 0.421. The Kier molecular flexibility index (Phi) is 5.46. The Morgan fingerprint density at radius 2 is 2.15 bits per heavy atom. The summed E-state index contributed by atoms with van der Waals surface area (Å²) in [5.74, 6) is 1.25. The minimum absolute atomic E-state index is 0.200. The standard InChI is InChI=1S/C19H23N3O4S/c1-19(2,3)27(24)21-16-10-14(12-22-18(23)6-5-9-20-22)26-17-11-13(25-4)7-8-15(16)17/h5-9,11,14H,10,12H2,1-4H3/b21-16+/t14-,27+/m1/s1. The van der Waals surface area contributed by atoms with E-state index in [-0.39, 0.29) is 18.2 Å². The van der Waals surface area contributed by atoms with Gasteiger partial charge in [0.25, 0.3) is 5.56 Å². The van der Waals surface area contributed by atoms with Crippen molar-refractivity contribution in [2.45, 2.75) is 44.6 Å². The van der Waals surface area contributed by atoms with Crippen LogP contribution in [-0.2, 0) is 17.5 Å². The summed E-state index contributed by atoms with van der Waals surface area (Å²) >= 11 is 0. The van der Waals surface area contributed by atoms with Gasteiger partial charge in [0.1, 0.15) is 28.6 Å². The van der Waals surface area contributed by atoms with E-state index >= 15 is 0 Å².